The summed E-state index contributed by atoms with van der Waals surface area (Å²) in [6.07, 6.45) is 4.60. The summed E-state index contributed by atoms with van der Waals surface area (Å²) in [6.45, 7) is 0.836. The molecular formula is C18H17ClN2O. The van der Waals surface area contributed by atoms with E-state index >= 15 is 0 Å². The van der Waals surface area contributed by atoms with Crippen LogP contribution >= 0.6 is 11.6 Å². The fraction of sp³-hybridized carbons (Fsp3) is 0.389. The Labute approximate surface area is 133 Å². The highest BCUT2D eigenvalue weighted by Gasteiger charge is 2.51. The van der Waals surface area contributed by atoms with Crippen LogP contribution in [-0.4, -0.2) is 22.3 Å². The van der Waals surface area contributed by atoms with Gasteiger partial charge in [0.25, 0.3) is 0 Å². The molecule has 22 heavy (non-hydrogen) atoms. The molecule has 0 saturated carbocycles. The highest BCUT2D eigenvalue weighted by molar-refractivity contribution is 6.29. The van der Waals surface area contributed by atoms with Crippen LogP contribution in [0.2, 0.25) is 0 Å². The van der Waals surface area contributed by atoms with E-state index < -0.39 is 0 Å². The van der Waals surface area contributed by atoms with Gasteiger partial charge in [0.15, 0.2) is 0 Å². The van der Waals surface area contributed by atoms with Crippen LogP contribution in [0, 0.1) is 11.8 Å². The standard InChI is InChI=1S/C18H17ClN2O/c19-10-5-6-13-14(9-10)17-16-12(7-8-21(17)18(13)22)11-3-1-2-4-15(11)20-16/h1-5,13-14,17,20H,6-9H2/t13-,14+,17-/m0/s1. The number of aromatic nitrogens is 1. The van der Waals surface area contributed by atoms with Gasteiger partial charge < -0.3 is 9.88 Å². The molecule has 1 aliphatic carbocycles. The van der Waals surface area contributed by atoms with Gasteiger partial charge in [0, 0.05) is 40.0 Å². The van der Waals surface area contributed by atoms with Gasteiger partial charge in [0.05, 0.1) is 6.04 Å². The maximum Gasteiger partial charge on any atom is 0.226 e. The number of allylic oxidation sites excluding steroid dienone is 2. The summed E-state index contributed by atoms with van der Waals surface area (Å²) in [5, 5.41) is 2.23. The molecule has 1 amide bonds. The lowest BCUT2D eigenvalue weighted by Gasteiger charge is -2.33. The first-order valence-electron chi connectivity index (χ1n) is 7.98. The topological polar surface area (TPSA) is 36.1 Å². The van der Waals surface area contributed by atoms with Gasteiger partial charge in [-0.1, -0.05) is 35.9 Å². The summed E-state index contributed by atoms with van der Waals surface area (Å²) in [7, 11) is 0. The Morgan fingerprint density at radius 2 is 2.14 bits per heavy atom. The van der Waals surface area contributed by atoms with Crippen molar-refractivity contribution >= 4 is 28.4 Å². The van der Waals surface area contributed by atoms with Crippen LogP contribution in [0.3, 0.4) is 0 Å². The molecule has 2 aliphatic heterocycles. The van der Waals surface area contributed by atoms with E-state index in [1.165, 1.54) is 22.2 Å². The van der Waals surface area contributed by atoms with Crippen molar-refractivity contribution < 1.29 is 4.79 Å². The molecule has 3 nitrogen and oxygen atoms in total. The molecule has 1 aromatic heterocycles. The first-order chi connectivity index (χ1) is 10.7. The maximum atomic E-state index is 12.7. The molecule has 1 fully saturated rings. The lowest BCUT2D eigenvalue weighted by atomic mass is 9.79. The summed E-state index contributed by atoms with van der Waals surface area (Å²) in [6, 6.07) is 8.63. The number of amides is 1. The van der Waals surface area contributed by atoms with Crippen molar-refractivity contribution in [1.29, 1.82) is 0 Å². The van der Waals surface area contributed by atoms with Crippen LogP contribution in [-0.2, 0) is 11.2 Å². The van der Waals surface area contributed by atoms with E-state index in [1.807, 2.05) is 6.08 Å². The summed E-state index contributed by atoms with van der Waals surface area (Å²) < 4.78 is 0. The number of nitrogens with one attached hydrogen (secondary N) is 1. The van der Waals surface area contributed by atoms with Gasteiger partial charge in [-0.2, -0.15) is 0 Å². The normalized spacial score (nSPS) is 30.0. The molecule has 3 heterocycles. The van der Waals surface area contributed by atoms with Crippen molar-refractivity contribution in [2.75, 3.05) is 6.54 Å². The van der Waals surface area contributed by atoms with Crippen LogP contribution in [0.25, 0.3) is 10.9 Å². The molecule has 1 N–H and O–H groups in total. The largest absolute Gasteiger partial charge is 0.356 e. The van der Waals surface area contributed by atoms with E-state index in [1.54, 1.807) is 0 Å². The van der Waals surface area contributed by atoms with Crippen molar-refractivity contribution in [3.8, 4) is 0 Å². The van der Waals surface area contributed by atoms with Crippen molar-refractivity contribution in [3.05, 3.63) is 46.6 Å². The number of carbonyl (C=O) groups is 1. The quantitative estimate of drug-likeness (QED) is 0.790. The monoisotopic (exact) mass is 312 g/mol. The van der Waals surface area contributed by atoms with Gasteiger partial charge in [-0.3, -0.25) is 4.79 Å². The average Bonchev–Trinajstić information content (AvgIpc) is 3.03. The second-order valence-electron chi connectivity index (χ2n) is 6.65. The molecule has 3 atom stereocenters. The number of rotatable bonds is 0. The van der Waals surface area contributed by atoms with E-state index in [9.17, 15) is 4.79 Å². The first kappa shape index (κ1) is 12.8. The Kier molecular flexibility index (Phi) is 2.55. The summed E-state index contributed by atoms with van der Waals surface area (Å²) in [5.41, 5.74) is 3.83. The van der Waals surface area contributed by atoms with Gasteiger partial charge in [0.2, 0.25) is 5.91 Å². The second kappa shape index (κ2) is 4.39. The molecule has 0 spiro atoms. The summed E-state index contributed by atoms with van der Waals surface area (Å²) >= 11 is 6.29. The fourth-order valence-corrected chi connectivity index (χ4v) is 4.94. The van der Waals surface area contributed by atoms with E-state index in [2.05, 4.69) is 34.1 Å². The predicted molar refractivity (Wildman–Crippen MR) is 86.6 cm³/mol. The SMILES string of the molecule is O=C1[C@H]2CC=C(Cl)C[C@H]2[C@H]2c3[nH]c4ccccc4c3CCN12. The van der Waals surface area contributed by atoms with Crippen LogP contribution < -0.4 is 0 Å². The molecular weight excluding hydrogens is 296 g/mol. The molecule has 3 aliphatic rings. The number of para-hydroxylation sites is 1. The van der Waals surface area contributed by atoms with Crippen LogP contribution in [0.4, 0.5) is 0 Å². The lowest BCUT2D eigenvalue weighted by Crippen LogP contribution is -2.35. The Morgan fingerprint density at radius 1 is 1.27 bits per heavy atom. The molecule has 5 rings (SSSR count). The molecule has 4 heteroatoms. The number of benzene rings is 1. The first-order valence-corrected chi connectivity index (χ1v) is 8.36. The number of nitrogens with zero attached hydrogens (tertiary/aromatic N) is 1. The van der Waals surface area contributed by atoms with E-state index in [0.717, 1.165) is 30.8 Å². The van der Waals surface area contributed by atoms with E-state index in [0.29, 0.717) is 11.8 Å². The lowest BCUT2D eigenvalue weighted by molar-refractivity contribution is -0.132. The number of hydrogen-bond acceptors (Lipinski definition) is 1. The predicted octanol–water partition coefficient (Wildman–Crippen LogP) is 3.76. The minimum Gasteiger partial charge on any atom is -0.356 e. The zero-order valence-electron chi connectivity index (χ0n) is 12.2. The van der Waals surface area contributed by atoms with Crippen LogP contribution in [0.15, 0.2) is 35.4 Å². The number of carbonyl (C=O) groups excluding carboxylic acids is 1. The fourth-order valence-electron chi connectivity index (χ4n) is 4.67. The number of H-pyrrole nitrogens is 1. The van der Waals surface area contributed by atoms with Crippen molar-refractivity contribution in [2.24, 2.45) is 11.8 Å². The number of aromatic amines is 1. The van der Waals surface area contributed by atoms with Gasteiger partial charge in [0.1, 0.15) is 0 Å². The van der Waals surface area contributed by atoms with Crippen molar-refractivity contribution in [3.63, 3.8) is 0 Å². The van der Waals surface area contributed by atoms with Gasteiger partial charge in [-0.15, -0.1) is 0 Å². The number of halogens is 1. The van der Waals surface area contributed by atoms with Gasteiger partial charge >= 0.3 is 0 Å². The molecule has 112 valence electrons. The molecule has 1 aromatic carbocycles. The molecule has 0 unspecified atom stereocenters. The van der Waals surface area contributed by atoms with Gasteiger partial charge in [-0.25, -0.2) is 0 Å². The zero-order valence-corrected chi connectivity index (χ0v) is 12.9. The highest BCUT2D eigenvalue weighted by Crippen LogP contribution is 2.51. The zero-order chi connectivity index (χ0) is 14.8. The maximum absolute atomic E-state index is 12.7. The van der Waals surface area contributed by atoms with Gasteiger partial charge in [-0.05, 0) is 30.9 Å². The minimum absolute atomic E-state index is 0.116. The third kappa shape index (κ3) is 1.55. The second-order valence-corrected chi connectivity index (χ2v) is 7.14. The Bertz CT molecular complexity index is 822. The summed E-state index contributed by atoms with van der Waals surface area (Å²) in [5.74, 6) is 0.752. The van der Waals surface area contributed by atoms with E-state index in [-0.39, 0.29) is 12.0 Å². The Balaban J connectivity index is 1.69. The number of fused-ring (bicyclic) bond motifs is 7. The average molecular weight is 313 g/mol. The third-order valence-corrected chi connectivity index (χ3v) is 5.94. The van der Waals surface area contributed by atoms with Crippen molar-refractivity contribution in [1.82, 2.24) is 9.88 Å². The Hall–Kier alpha value is -1.74. The molecule has 2 aromatic rings. The van der Waals surface area contributed by atoms with E-state index in [4.69, 9.17) is 11.6 Å². The smallest absolute Gasteiger partial charge is 0.226 e. The van der Waals surface area contributed by atoms with Crippen LogP contribution in [0.1, 0.15) is 30.1 Å². The molecule has 1 saturated heterocycles. The minimum atomic E-state index is 0.116. The van der Waals surface area contributed by atoms with Crippen LogP contribution in [0.5, 0.6) is 0 Å². The van der Waals surface area contributed by atoms with Crippen molar-refractivity contribution in [2.45, 2.75) is 25.3 Å². The highest BCUT2D eigenvalue weighted by atomic mass is 35.5. The Morgan fingerprint density at radius 3 is 3.05 bits per heavy atom. The third-order valence-electron chi connectivity index (χ3n) is 5.63. The summed E-state index contributed by atoms with van der Waals surface area (Å²) in [4.78, 5) is 18.4. The molecule has 0 bridgehead atoms. The number of hydrogen-bond donors (Lipinski definition) is 1. The molecule has 0 radical (unpaired) electrons.